The number of pyridine rings is 1. The summed E-state index contributed by atoms with van der Waals surface area (Å²) in [5.41, 5.74) is 5.42. The minimum absolute atomic E-state index is 0.0217. The molecule has 4 nitrogen and oxygen atoms in total. The van der Waals surface area contributed by atoms with Gasteiger partial charge in [0.05, 0.1) is 10.9 Å². The standard InChI is InChI=1S/C10H14BrClN4/c1-6(9(13)14)5-16(2)10-8(12)3-7(11)4-15-10/h3-4,6H,5H2,1-2H3,(H3,13,14). The molecule has 1 aromatic rings. The van der Waals surface area contributed by atoms with Crippen LogP contribution < -0.4 is 10.6 Å². The maximum absolute atomic E-state index is 7.33. The van der Waals surface area contributed by atoms with E-state index in [1.54, 1.807) is 12.3 Å². The van der Waals surface area contributed by atoms with E-state index in [1.165, 1.54) is 0 Å². The molecule has 0 saturated heterocycles. The lowest BCUT2D eigenvalue weighted by atomic mass is 10.1. The highest BCUT2D eigenvalue weighted by atomic mass is 79.9. The number of rotatable bonds is 4. The number of nitrogens with zero attached hydrogens (tertiary/aromatic N) is 2. The van der Waals surface area contributed by atoms with Crippen LogP contribution >= 0.6 is 27.5 Å². The SMILES string of the molecule is CC(CN(C)c1ncc(Br)cc1Cl)C(=N)N. The molecule has 1 rings (SSSR count). The van der Waals surface area contributed by atoms with Gasteiger partial charge in [0.15, 0.2) is 0 Å². The molecule has 0 aliphatic heterocycles. The summed E-state index contributed by atoms with van der Waals surface area (Å²) < 4.78 is 0.842. The van der Waals surface area contributed by atoms with Crippen LogP contribution in [0.5, 0.6) is 0 Å². The molecule has 0 bridgehead atoms. The van der Waals surface area contributed by atoms with Crippen LogP contribution in [0.4, 0.5) is 5.82 Å². The zero-order valence-electron chi connectivity index (χ0n) is 9.17. The van der Waals surface area contributed by atoms with Gasteiger partial charge in [-0.2, -0.15) is 0 Å². The van der Waals surface area contributed by atoms with E-state index in [0.717, 1.165) is 4.47 Å². The van der Waals surface area contributed by atoms with Crippen molar-refractivity contribution >= 4 is 39.2 Å². The van der Waals surface area contributed by atoms with Crippen molar-refractivity contribution in [3.63, 3.8) is 0 Å². The Hall–Kier alpha value is -0.810. The molecule has 3 N–H and O–H groups in total. The molecule has 0 saturated carbocycles. The van der Waals surface area contributed by atoms with Gasteiger partial charge in [-0.25, -0.2) is 4.98 Å². The molecule has 0 spiro atoms. The zero-order valence-corrected chi connectivity index (χ0v) is 11.5. The molecule has 0 aliphatic rings. The second-order valence-corrected chi connectivity index (χ2v) is 5.02. The molecule has 6 heteroatoms. The van der Waals surface area contributed by atoms with Crippen LogP contribution in [0.15, 0.2) is 16.7 Å². The van der Waals surface area contributed by atoms with Gasteiger partial charge in [0.25, 0.3) is 0 Å². The smallest absolute Gasteiger partial charge is 0.147 e. The highest BCUT2D eigenvalue weighted by Gasteiger charge is 2.13. The summed E-state index contributed by atoms with van der Waals surface area (Å²) in [6.07, 6.45) is 1.69. The first-order chi connectivity index (χ1) is 7.41. The Bertz CT molecular complexity index is 396. The second-order valence-electron chi connectivity index (χ2n) is 3.70. The number of aromatic nitrogens is 1. The van der Waals surface area contributed by atoms with E-state index in [4.69, 9.17) is 22.7 Å². The summed E-state index contributed by atoms with van der Waals surface area (Å²) in [5.74, 6) is 0.838. The number of amidine groups is 1. The van der Waals surface area contributed by atoms with E-state index in [9.17, 15) is 0 Å². The van der Waals surface area contributed by atoms with E-state index in [2.05, 4.69) is 20.9 Å². The average Bonchev–Trinajstić information content (AvgIpc) is 2.16. The number of hydrogen-bond donors (Lipinski definition) is 2. The van der Waals surface area contributed by atoms with Gasteiger partial charge >= 0.3 is 0 Å². The molecule has 88 valence electrons. The normalized spacial score (nSPS) is 12.2. The highest BCUT2D eigenvalue weighted by Crippen LogP contribution is 2.25. The first-order valence-electron chi connectivity index (χ1n) is 4.78. The molecule has 16 heavy (non-hydrogen) atoms. The molecule has 1 heterocycles. The number of hydrogen-bond acceptors (Lipinski definition) is 3. The number of anilines is 1. The highest BCUT2D eigenvalue weighted by molar-refractivity contribution is 9.10. The Labute approximate surface area is 108 Å². The maximum Gasteiger partial charge on any atom is 0.147 e. The molecule has 0 radical (unpaired) electrons. The van der Waals surface area contributed by atoms with Gasteiger partial charge in [0, 0.05) is 30.2 Å². The summed E-state index contributed by atoms with van der Waals surface area (Å²) in [6.45, 7) is 2.51. The minimum Gasteiger partial charge on any atom is -0.387 e. The van der Waals surface area contributed by atoms with E-state index in [1.807, 2.05) is 18.9 Å². The van der Waals surface area contributed by atoms with Gasteiger partial charge in [-0.3, -0.25) is 5.41 Å². The van der Waals surface area contributed by atoms with Crippen LogP contribution in [0.25, 0.3) is 0 Å². The average molecular weight is 306 g/mol. The summed E-state index contributed by atoms with van der Waals surface area (Å²) in [4.78, 5) is 6.12. The van der Waals surface area contributed by atoms with Crippen LogP contribution in [-0.2, 0) is 0 Å². The molecule has 0 aliphatic carbocycles. The molecule has 0 aromatic carbocycles. The second kappa shape index (κ2) is 5.50. The van der Waals surface area contributed by atoms with Crippen molar-refractivity contribution in [3.05, 3.63) is 21.8 Å². The Morgan fingerprint density at radius 3 is 2.88 bits per heavy atom. The largest absolute Gasteiger partial charge is 0.387 e. The first kappa shape index (κ1) is 13.3. The number of nitrogens with one attached hydrogen (secondary N) is 1. The Balaban J connectivity index is 2.80. The summed E-state index contributed by atoms with van der Waals surface area (Å²) in [5, 5.41) is 7.91. The van der Waals surface area contributed by atoms with Crippen LogP contribution in [0.1, 0.15) is 6.92 Å². The van der Waals surface area contributed by atoms with Crippen molar-refractivity contribution in [2.24, 2.45) is 11.7 Å². The maximum atomic E-state index is 7.33. The van der Waals surface area contributed by atoms with E-state index in [0.29, 0.717) is 17.4 Å². The van der Waals surface area contributed by atoms with Crippen LogP contribution in [0, 0.1) is 11.3 Å². The molecule has 1 atom stereocenters. The van der Waals surface area contributed by atoms with Crippen LogP contribution in [0.2, 0.25) is 5.02 Å². The third-order valence-electron chi connectivity index (χ3n) is 2.23. The Morgan fingerprint density at radius 1 is 1.75 bits per heavy atom. The Morgan fingerprint density at radius 2 is 2.38 bits per heavy atom. The molecule has 0 amide bonds. The lowest BCUT2D eigenvalue weighted by Gasteiger charge is -2.22. The first-order valence-corrected chi connectivity index (χ1v) is 5.95. The van der Waals surface area contributed by atoms with Crippen molar-refractivity contribution in [3.8, 4) is 0 Å². The monoisotopic (exact) mass is 304 g/mol. The van der Waals surface area contributed by atoms with Crippen LogP contribution in [-0.4, -0.2) is 24.4 Å². The van der Waals surface area contributed by atoms with Crippen molar-refractivity contribution in [2.75, 3.05) is 18.5 Å². The van der Waals surface area contributed by atoms with Gasteiger partial charge in [0.1, 0.15) is 5.82 Å². The third kappa shape index (κ3) is 3.35. The summed E-state index contributed by atoms with van der Waals surface area (Å²) in [7, 11) is 1.88. The molecule has 0 fully saturated rings. The van der Waals surface area contributed by atoms with Gasteiger partial charge in [0.2, 0.25) is 0 Å². The van der Waals surface area contributed by atoms with Gasteiger partial charge in [-0.15, -0.1) is 0 Å². The fraction of sp³-hybridized carbons (Fsp3) is 0.400. The minimum atomic E-state index is -0.0217. The zero-order chi connectivity index (χ0) is 12.3. The van der Waals surface area contributed by atoms with Crippen LogP contribution in [0.3, 0.4) is 0 Å². The van der Waals surface area contributed by atoms with Gasteiger partial charge in [-0.05, 0) is 22.0 Å². The third-order valence-corrected chi connectivity index (χ3v) is 2.94. The van der Waals surface area contributed by atoms with Crippen molar-refractivity contribution in [1.29, 1.82) is 5.41 Å². The van der Waals surface area contributed by atoms with Gasteiger partial charge < -0.3 is 10.6 Å². The quantitative estimate of drug-likeness (QED) is 0.663. The Kier molecular flexibility index (Phi) is 4.56. The van der Waals surface area contributed by atoms with E-state index in [-0.39, 0.29) is 11.8 Å². The number of halogens is 2. The fourth-order valence-corrected chi connectivity index (χ4v) is 2.06. The molecule has 1 aromatic heterocycles. The van der Waals surface area contributed by atoms with E-state index < -0.39 is 0 Å². The predicted octanol–water partition coefficient (Wildman–Crippen LogP) is 2.51. The predicted molar refractivity (Wildman–Crippen MR) is 71.3 cm³/mol. The lowest BCUT2D eigenvalue weighted by Crippen LogP contribution is -2.32. The fourth-order valence-electron chi connectivity index (χ4n) is 1.28. The van der Waals surface area contributed by atoms with E-state index >= 15 is 0 Å². The summed E-state index contributed by atoms with van der Waals surface area (Å²) >= 11 is 9.37. The molecule has 1 unspecified atom stereocenters. The number of nitrogens with two attached hydrogens (primary N) is 1. The van der Waals surface area contributed by atoms with Crippen molar-refractivity contribution < 1.29 is 0 Å². The lowest BCUT2D eigenvalue weighted by molar-refractivity contribution is 0.722. The van der Waals surface area contributed by atoms with Crippen molar-refractivity contribution in [2.45, 2.75) is 6.92 Å². The summed E-state index contributed by atoms with van der Waals surface area (Å²) in [6, 6.07) is 1.79. The van der Waals surface area contributed by atoms with Gasteiger partial charge in [-0.1, -0.05) is 18.5 Å². The molecular weight excluding hydrogens is 291 g/mol. The topological polar surface area (TPSA) is 66.0 Å². The molecular formula is C10H14BrClN4. The van der Waals surface area contributed by atoms with Crippen molar-refractivity contribution in [1.82, 2.24) is 4.98 Å².